The van der Waals surface area contributed by atoms with Gasteiger partial charge in [-0.25, -0.2) is 4.98 Å². The van der Waals surface area contributed by atoms with Crippen LogP contribution in [0.4, 0.5) is 5.69 Å². The highest BCUT2D eigenvalue weighted by atomic mass is 32.1. The summed E-state index contributed by atoms with van der Waals surface area (Å²) < 4.78 is 5.75. The van der Waals surface area contributed by atoms with Gasteiger partial charge >= 0.3 is 0 Å². The predicted molar refractivity (Wildman–Crippen MR) is 140 cm³/mol. The molecule has 0 spiro atoms. The minimum atomic E-state index is -0.0959. The van der Waals surface area contributed by atoms with Crippen LogP contribution in [0, 0.1) is 6.92 Å². The number of aromatic nitrogens is 1. The first-order valence-electron chi connectivity index (χ1n) is 12.0. The highest BCUT2D eigenvalue weighted by molar-refractivity contribution is 7.13. The summed E-state index contributed by atoms with van der Waals surface area (Å²) in [5, 5.41) is 4.97. The molecule has 1 aliphatic rings. The number of hydrogen-bond donors (Lipinski definition) is 1. The summed E-state index contributed by atoms with van der Waals surface area (Å²) in [6.07, 6.45) is 0.190. The molecule has 4 aromatic rings. The summed E-state index contributed by atoms with van der Waals surface area (Å²) in [6, 6.07) is 22.8. The van der Waals surface area contributed by atoms with Crippen molar-refractivity contribution in [1.29, 1.82) is 0 Å². The molecular weight excluding hydrogens is 456 g/mol. The fraction of sp³-hybridized carbons (Fsp3) is 0.286. The first-order valence-corrected chi connectivity index (χ1v) is 12.9. The van der Waals surface area contributed by atoms with E-state index in [0.717, 1.165) is 49.8 Å². The molecule has 2 aromatic heterocycles. The number of amides is 1. The zero-order valence-corrected chi connectivity index (χ0v) is 20.8. The molecule has 0 unspecified atom stereocenters. The fourth-order valence-corrected chi connectivity index (χ4v) is 5.00. The van der Waals surface area contributed by atoms with Crippen LogP contribution in [0.1, 0.15) is 22.6 Å². The lowest BCUT2D eigenvalue weighted by Gasteiger charge is -2.34. The Morgan fingerprint density at radius 3 is 2.20 bits per heavy atom. The van der Waals surface area contributed by atoms with Gasteiger partial charge in [0.2, 0.25) is 11.8 Å². The molecule has 0 bridgehead atoms. The van der Waals surface area contributed by atoms with Crippen molar-refractivity contribution in [1.82, 2.24) is 14.8 Å². The summed E-state index contributed by atoms with van der Waals surface area (Å²) in [6.45, 7) is 8.09. The molecule has 5 rings (SSSR count). The van der Waals surface area contributed by atoms with Crippen LogP contribution >= 0.6 is 11.3 Å². The molecule has 0 atom stereocenters. The van der Waals surface area contributed by atoms with Crippen molar-refractivity contribution >= 4 is 22.9 Å². The largest absolute Gasteiger partial charge is 0.440 e. The average Bonchev–Trinajstić information content (AvgIpc) is 3.53. The van der Waals surface area contributed by atoms with Crippen LogP contribution in [-0.2, 0) is 24.3 Å². The number of carbonyl (C=O) groups is 1. The van der Waals surface area contributed by atoms with Gasteiger partial charge in [0, 0.05) is 45.0 Å². The van der Waals surface area contributed by atoms with Gasteiger partial charge in [0.25, 0.3) is 0 Å². The van der Waals surface area contributed by atoms with Crippen LogP contribution in [0.5, 0.6) is 0 Å². The number of nitrogens with one attached hydrogen (secondary N) is 1. The van der Waals surface area contributed by atoms with Gasteiger partial charge in [-0.2, -0.15) is 0 Å². The van der Waals surface area contributed by atoms with E-state index in [1.807, 2.05) is 36.6 Å². The third-order valence-corrected chi connectivity index (χ3v) is 7.17. The molecule has 1 aliphatic heterocycles. The maximum atomic E-state index is 12.6. The number of benzene rings is 2. The van der Waals surface area contributed by atoms with Crippen LogP contribution in [-0.4, -0.2) is 46.9 Å². The molecule has 1 N–H and O–H groups in total. The third-order valence-electron chi connectivity index (χ3n) is 6.31. The standard InChI is InChI=1S/C28H30N4O2S/c1-21-25(30-28(34-21)26-8-5-17-35-26)18-27(33)29-24-11-9-23(10-12-24)20-32-15-13-31(14-16-32)19-22-6-3-2-4-7-22/h2-12,17H,13-16,18-20H2,1H3,(H,29,33). The van der Waals surface area contributed by atoms with Crippen LogP contribution in [0.2, 0.25) is 0 Å². The number of anilines is 1. The smallest absolute Gasteiger partial charge is 0.236 e. The Bertz CT molecular complexity index is 1230. The second-order valence-electron chi connectivity index (χ2n) is 8.96. The Balaban J connectivity index is 1.09. The Morgan fingerprint density at radius 2 is 1.57 bits per heavy atom. The highest BCUT2D eigenvalue weighted by Crippen LogP contribution is 2.26. The van der Waals surface area contributed by atoms with Crippen molar-refractivity contribution < 1.29 is 9.21 Å². The maximum absolute atomic E-state index is 12.6. The minimum absolute atomic E-state index is 0.0959. The van der Waals surface area contributed by atoms with Gasteiger partial charge in [0.1, 0.15) is 5.76 Å². The maximum Gasteiger partial charge on any atom is 0.236 e. The van der Waals surface area contributed by atoms with Crippen molar-refractivity contribution in [2.75, 3.05) is 31.5 Å². The average molecular weight is 487 g/mol. The van der Waals surface area contributed by atoms with Crippen molar-refractivity contribution in [3.8, 4) is 10.8 Å². The molecule has 3 heterocycles. The molecular formula is C28H30N4O2S. The van der Waals surface area contributed by atoms with Crippen LogP contribution in [0.25, 0.3) is 10.8 Å². The molecule has 180 valence electrons. The summed E-state index contributed by atoms with van der Waals surface area (Å²) in [7, 11) is 0. The number of piperazine rings is 1. The number of nitrogens with zero attached hydrogens (tertiary/aromatic N) is 3. The third kappa shape index (κ3) is 6.25. The van der Waals surface area contributed by atoms with Gasteiger partial charge < -0.3 is 9.73 Å². The number of aryl methyl sites for hydroxylation is 1. The molecule has 1 fully saturated rings. The highest BCUT2D eigenvalue weighted by Gasteiger charge is 2.18. The summed E-state index contributed by atoms with van der Waals surface area (Å²) in [5.41, 5.74) is 4.10. The van der Waals surface area contributed by atoms with E-state index in [4.69, 9.17) is 4.42 Å². The van der Waals surface area contributed by atoms with E-state index in [1.54, 1.807) is 11.3 Å². The molecule has 7 heteroatoms. The Kier molecular flexibility index (Phi) is 7.37. The Labute approximate surface area is 210 Å². The van der Waals surface area contributed by atoms with Gasteiger partial charge in [0.05, 0.1) is 17.0 Å². The van der Waals surface area contributed by atoms with Crippen LogP contribution in [0.15, 0.2) is 76.5 Å². The SMILES string of the molecule is Cc1oc(-c2cccs2)nc1CC(=O)Nc1ccc(CN2CCN(Cc3ccccc3)CC2)cc1. The quantitative estimate of drug-likeness (QED) is 0.370. The Morgan fingerprint density at radius 1 is 0.914 bits per heavy atom. The number of oxazole rings is 1. The lowest BCUT2D eigenvalue weighted by Crippen LogP contribution is -2.45. The van der Waals surface area contributed by atoms with Crippen LogP contribution in [0.3, 0.4) is 0 Å². The zero-order valence-electron chi connectivity index (χ0n) is 19.9. The van der Waals surface area contributed by atoms with Crippen molar-refractivity contribution in [2.24, 2.45) is 0 Å². The van der Waals surface area contributed by atoms with E-state index in [1.165, 1.54) is 11.1 Å². The number of thiophene rings is 1. The zero-order chi connectivity index (χ0) is 24.0. The van der Waals surface area contributed by atoms with E-state index in [-0.39, 0.29) is 12.3 Å². The van der Waals surface area contributed by atoms with Gasteiger partial charge in [-0.1, -0.05) is 48.5 Å². The van der Waals surface area contributed by atoms with Crippen molar-refractivity contribution in [2.45, 2.75) is 26.4 Å². The summed E-state index contributed by atoms with van der Waals surface area (Å²) in [4.78, 5) is 23.1. The molecule has 6 nitrogen and oxygen atoms in total. The predicted octanol–water partition coefficient (Wildman–Crippen LogP) is 5.21. The summed E-state index contributed by atoms with van der Waals surface area (Å²) >= 11 is 1.57. The number of hydrogen-bond acceptors (Lipinski definition) is 6. The first-order chi connectivity index (χ1) is 17.1. The van der Waals surface area contributed by atoms with Crippen molar-refractivity contribution in [3.63, 3.8) is 0 Å². The molecule has 1 saturated heterocycles. The number of rotatable bonds is 8. The Hall–Kier alpha value is -3.26. The lowest BCUT2D eigenvalue weighted by atomic mass is 10.1. The number of carbonyl (C=O) groups excluding carboxylic acids is 1. The first kappa shape index (κ1) is 23.5. The topological polar surface area (TPSA) is 61.6 Å². The lowest BCUT2D eigenvalue weighted by molar-refractivity contribution is -0.115. The normalized spacial score (nSPS) is 14.8. The van der Waals surface area contributed by atoms with Crippen LogP contribution < -0.4 is 5.32 Å². The fourth-order valence-electron chi connectivity index (χ4n) is 4.35. The van der Waals surface area contributed by atoms with E-state index >= 15 is 0 Å². The molecule has 2 aromatic carbocycles. The van der Waals surface area contributed by atoms with Gasteiger partial charge in [-0.05, 0) is 41.6 Å². The van der Waals surface area contributed by atoms with Gasteiger partial charge in [-0.15, -0.1) is 11.3 Å². The monoisotopic (exact) mass is 486 g/mol. The summed E-state index contributed by atoms with van der Waals surface area (Å²) in [5.74, 6) is 1.16. The van der Waals surface area contributed by atoms with E-state index in [2.05, 4.69) is 62.6 Å². The molecule has 1 amide bonds. The second-order valence-corrected chi connectivity index (χ2v) is 9.91. The van der Waals surface area contributed by atoms with E-state index in [9.17, 15) is 4.79 Å². The molecule has 0 saturated carbocycles. The minimum Gasteiger partial charge on any atom is -0.440 e. The van der Waals surface area contributed by atoms with E-state index < -0.39 is 0 Å². The van der Waals surface area contributed by atoms with E-state index in [0.29, 0.717) is 17.3 Å². The van der Waals surface area contributed by atoms with Gasteiger partial charge in [0.15, 0.2) is 0 Å². The van der Waals surface area contributed by atoms with Crippen molar-refractivity contribution in [3.05, 3.63) is 94.7 Å². The molecule has 0 radical (unpaired) electrons. The molecule has 35 heavy (non-hydrogen) atoms. The second kappa shape index (κ2) is 11.0. The van der Waals surface area contributed by atoms with Gasteiger partial charge in [-0.3, -0.25) is 14.6 Å². The molecule has 0 aliphatic carbocycles.